The Morgan fingerprint density at radius 2 is 2.56 bits per heavy atom. The van der Waals surface area contributed by atoms with Crippen molar-refractivity contribution >= 4 is 0 Å². The van der Waals surface area contributed by atoms with Gasteiger partial charge in [0.2, 0.25) is 0 Å². The van der Waals surface area contributed by atoms with Gasteiger partial charge in [-0.25, -0.2) is 0 Å². The first-order valence-corrected chi connectivity index (χ1v) is 3.42. The van der Waals surface area contributed by atoms with Crippen LogP contribution in [0.3, 0.4) is 0 Å². The van der Waals surface area contributed by atoms with E-state index in [1.54, 1.807) is 0 Å². The fourth-order valence-electron chi connectivity index (χ4n) is 1.04. The maximum Gasteiger partial charge on any atom is 0.184 e. The fourth-order valence-corrected chi connectivity index (χ4v) is 1.04. The normalized spacial score (nSPS) is 22.9. The van der Waals surface area contributed by atoms with E-state index in [2.05, 4.69) is 11.8 Å². The largest absolute Gasteiger partial charge is 0.477 e. The van der Waals surface area contributed by atoms with Crippen LogP contribution in [-0.2, 0) is 4.74 Å². The molecule has 1 fully saturated rings. The zero-order valence-corrected chi connectivity index (χ0v) is 6.05. The summed E-state index contributed by atoms with van der Waals surface area (Å²) in [5, 5.41) is 0. The van der Waals surface area contributed by atoms with Crippen LogP contribution in [0, 0.1) is 0 Å². The van der Waals surface area contributed by atoms with Crippen LogP contribution in [0.4, 0.5) is 0 Å². The zero-order valence-electron chi connectivity index (χ0n) is 6.05. The maximum atomic E-state index is 5.29. The second-order valence-corrected chi connectivity index (χ2v) is 2.06. The molecule has 0 spiro atoms. The molecule has 0 saturated carbocycles. The molecular weight excluding hydrogens is 114 g/mol. The summed E-state index contributed by atoms with van der Waals surface area (Å²) < 4.78 is 5.29. The molecule has 0 aromatic heterocycles. The van der Waals surface area contributed by atoms with Gasteiger partial charge in [-0.2, -0.15) is 0 Å². The Balaban J connectivity index is 2.52. The van der Waals surface area contributed by atoms with E-state index in [0.29, 0.717) is 0 Å². The number of likely N-dealkylation sites (N-methyl/N-ethyl adjacent to an activating group) is 1. The molecule has 0 amide bonds. The molecule has 0 N–H and O–H groups in total. The van der Waals surface area contributed by atoms with Gasteiger partial charge in [-0.15, -0.1) is 0 Å². The van der Waals surface area contributed by atoms with Crippen molar-refractivity contribution < 1.29 is 4.74 Å². The van der Waals surface area contributed by atoms with Crippen molar-refractivity contribution in [2.75, 3.05) is 19.7 Å². The smallest absolute Gasteiger partial charge is 0.184 e. The molecule has 2 nitrogen and oxygen atoms in total. The van der Waals surface area contributed by atoms with Crippen molar-refractivity contribution in [3.8, 4) is 0 Å². The van der Waals surface area contributed by atoms with E-state index in [9.17, 15) is 0 Å². The van der Waals surface area contributed by atoms with Crippen LogP contribution < -0.4 is 0 Å². The standard InChI is InChI=1S/C7H13NO/c1-3-7-8(4-2)5-6-9-7/h3H,4-6H2,1-2H3. The number of ether oxygens (including phenoxy) is 1. The molecule has 1 heterocycles. The van der Waals surface area contributed by atoms with Crippen LogP contribution >= 0.6 is 0 Å². The molecule has 1 rings (SSSR count). The Labute approximate surface area is 56.1 Å². The SMILES string of the molecule is CC=C1OCCN1CC. The number of rotatable bonds is 1. The Morgan fingerprint density at radius 1 is 1.78 bits per heavy atom. The van der Waals surface area contributed by atoms with Gasteiger partial charge in [0.1, 0.15) is 6.61 Å². The van der Waals surface area contributed by atoms with Gasteiger partial charge in [-0.05, 0) is 19.9 Å². The van der Waals surface area contributed by atoms with Gasteiger partial charge in [-0.3, -0.25) is 0 Å². The molecule has 0 aromatic rings. The van der Waals surface area contributed by atoms with E-state index in [1.165, 1.54) is 0 Å². The van der Waals surface area contributed by atoms with Gasteiger partial charge >= 0.3 is 0 Å². The number of nitrogens with zero attached hydrogens (tertiary/aromatic N) is 1. The van der Waals surface area contributed by atoms with Crippen LogP contribution in [0.1, 0.15) is 13.8 Å². The molecule has 1 saturated heterocycles. The van der Waals surface area contributed by atoms with Gasteiger partial charge in [0.05, 0.1) is 6.54 Å². The summed E-state index contributed by atoms with van der Waals surface area (Å²) in [6.07, 6.45) is 2.01. The van der Waals surface area contributed by atoms with Crippen LogP contribution in [0.5, 0.6) is 0 Å². The third-order valence-corrected chi connectivity index (χ3v) is 1.55. The lowest BCUT2D eigenvalue weighted by Gasteiger charge is -2.12. The molecule has 0 atom stereocenters. The van der Waals surface area contributed by atoms with Gasteiger partial charge < -0.3 is 9.64 Å². The predicted octanol–water partition coefficient (Wildman–Crippen LogP) is 1.20. The van der Waals surface area contributed by atoms with Crippen LogP contribution in [0.25, 0.3) is 0 Å². The molecule has 0 aromatic carbocycles. The van der Waals surface area contributed by atoms with Gasteiger partial charge in [0, 0.05) is 6.54 Å². The minimum atomic E-state index is 0.855. The predicted molar refractivity (Wildman–Crippen MR) is 37.0 cm³/mol. The van der Waals surface area contributed by atoms with Crippen molar-refractivity contribution in [3.63, 3.8) is 0 Å². The van der Waals surface area contributed by atoms with Crippen molar-refractivity contribution in [3.05, 3.63) is 12.0 Å². The Hall–Kier alpha value is -0.660. The average Bonchev–Trinajstić information content (AvgIpc) is 2.33. The maximum absolute atomic E-state index is 5.29. The van der Waals surface area contributed by atoms with Crippen LogP contribution in [0.2, 0.25) is 0 Å². The summed E-state index contributed by atoms with van der Waals surface area (Å²) >= 11 is 0. The molecule has 1 aliphatic heterocycles. The summed E-state index contributed by atoms with van der Waals surface area (Å²) in [6.45, 7) is 7.10. The molecule has 0 unspecified atom stereocenters. The van der Waals surface area contributed by atoms with Crippen molar-refractivity contribution in [1.29, 1.82) is 0 Å². The molecule has 52 valence electrons. The quantitative estimate of drug-likeness (QED) is 0.524. The van der Waals surface area contributed by atoms with Gasteiger partial charge in [-0.1, -0.05) is 0 Å². The Morgan fingerprint density at radius 3 is 3.00 bits per heavy atom. The summed E-state index contributed by atoms with van der Waals surface area (Å²) in [4.78, 5) is 2.22. The zero-order chi connectivity index (χ0) is 6.69. The van der Waals surface area contributed by atoms with Gasteiger partial charge in [0.15, 0.2) is 5.88 Å². The molecule has 0 radical (unpaired) electrons. The highest BCUT2D eigenvalue weighted by atomic mass is 16.5. The van der Waals surface area contributed by atoms with Crippen molar-refractivity contribution in [1.82, 2.24) is 4.90 Å². The number of allylic oxidation sites excluding steroid dienone is 1. The summed E-state index contributed by atoms with van der Waals surface area (Å²) in [5.41, 5.74) is 0. The van der Waals surface area contributed by atoms with Crippen molar-refractivity contribution in [2.45, 2.75) is 13.8 Å². The molecule has 1 aliphatic rings. The first-order chi connectivity index (χ1) is 4.38. The van der Waals surface area contributed by atoms with Crippen LogP contribution in [0.15, 0.2) is 12.0 Å². The molecular formula is C7H13NO. The third kappa shape index (κ3) is 1.18. The molecule has 0 bridgehead atoms. The highest BCUT2D eigenvalue weighted by Gasteiger charge is 2.13. The summed E-state index contributed by atoms with van der Waals surface area (Å²) in [7, 11) is 0. The van der Waals surface area contributed by atoms with Gasteiger partial charge in [0.25, 0.3) is 0 Å². The van der Waals surface area contributed by atoms with E-state index in [0.717, 1.165) is 25.6 Å². The molecule has 9 heavy (non-hydrogen) atoms. The Bertz CT molecular complexity index is 120. The monoisotopic (exact) mass is 127 g/mol. The topological polar surface area (TPSA) is 12.5 Å². The minimum absolute atomic E-state index is 0.855. The van der Waals surface area contributed by atoms with E-state index in [4.69, 9.17) is 4.74 Å². The second kappa shape index (κ2) is 2.76. The second-order valence-electron chi connectivity index (χ2n) is 2.06. The highest BCUT2D eigenvalue weighted by Crippen LogP contribution is 2.11. The average molecular weight is 127 g/mol. The van der Waals surface area contributed by atoms with E-state index in [1.807, 2.05) is 13.0 Å². The molecule has 0 aliphatic carbocycles. The molecule has 2 heteroatoms. The van der Waals surface area contributed by atoms with Crippen LogP contribution in [-0.4, -0.2) is 24.6 Å². The first kappa shape index (κ1) is 6.46. The van der Waals surface area contributed by atoms with E-state index >= 15 is 0 Å². The Kier molecular flexibility index (Phi) is 1.98. The number of hydrogen-bond donors (Lipinski definition) is 0. The highest BCUT2D eigenvalue weighted by molar-refractivity contribution is 4.93. The minimum Gasteiger partial charge on any atom is -0.477 e. The number of hydrogen-bond acceptors (Lipinski definition) is 2. The third-order valence-electron chi connectivity index (χ3n) is 1.55. The summed E-state index contributed by atoms with van der Waals surface area (Å²) in [5.74, 6) is 1.04. The van der Waals surface area contributed by atoms with E-state index < -0.39 is 0 Å². The first-order valence-electron chi connectivity index (χ1n) is 3.42. The van der Waals surface area contributed by atoms with Crippen molar-refractivity contribution in [2.24, 2.45) is 0 Å². The fraction of sp³-hybridized carbons (Fsp3) is 0.714. The lowest BCUT2D eigenvalue weighted by atomic mass is 10.5. The lowest BCUT2D eigenvalue weighted by molar-refractivity contribution is 0.236. The lowest BCUT2D eigenvalue weighted by Crippen LogP contribution is -2.17. The van der Waals surface area contributed by atoms with E-state index in [-0.39, 0.29) is 0 Å². The summed E-state index contributed by atoms with van der Waals surface area (Å²) in [6, 6.07) is 0.